The fourth-order valence-electron chi connectivity index (χ4n) is 5.14. The Morgan fingerprint density at radius 3 is 2.61 bits per heavy atom. The molecule has 0 amide bonds. The van der Waals surface area contributed by atoms with Gasteiger partial charge in [0, 0.05) is 70.8 Å². The zero-order valence-corrected chi connectivity index (χ0v) is 22.7. The normalized spacial score (nSPS) is 18.3. The van der Waals surface area contributed by atoms with Crippen LogP contribution in [-0.4, -0.2) is 96.9 Å². The van der Waals surface area contributed by atoms with Gasteiger partial charge in [-0.05, 0) is 53.5 Å². The third-order valence-corrected chi connectivity index (χ3v) is 8.01. The van der Waals surface area contributed by atoms with Crippen LogP contribution >= 0.6 is 15.9 Å². The molecule has 36 heavy (non-hydrogen) atoms. The van der Waals surface area contributed by atoms with Crippen LogP contribution in [0, 0.1) is 5.82 Å². The van der Waals surface area contributed by atoms with Crippen LogP contribution in [0.1, 0.15) is 19.8 Å². The number of aromatic nitrogens is 3. The number of halogens is 2. The summed E-state index contributed by atoms with van der Waals surface area (Å²) in [5.74, 6) is 0.210. The van der Waals surface area contributed by atoms with Gasteiger partial charge in [-0.15, -0.1) is 0 Å². The highest BCUT2D eigenvalue weighted by Crippen LogP contribution is 2.33. The van der Waals surface area contributed by atoms with E-state index in [4.69, 9.17) is 9.72 Å². The van der Waals surface area contributed by atoms with E-state index >= 15 is 4.39 Å². The van der Waals surface area contributed by atoms with Crippen LogP contribution in [-0.2, 0) is 4.74 Å². The number of ether oxygens (including phenoxy) is 1. The number of fused-ring (bicyclic) bond motifs is 1. The fraction of sp³-hybridized carbons (Fsp3) is 0.538. The Bertz CT molecular complexity index is 1170. The number of pyridine rings is 1. The Morgan fingerprint density at radius 1 is 1.14 bits per heavy atom. The van der Waals surface area contributed by atoms with Gasteiger partial charge in [-0.2, -0.15) is 0 Å². The summed E-state index contributed by atoms with van der Waals surface area (Å²) in [6, 6.07) is 5.81. The molecule has 2 fully saturated rings. The predicted octanol–water partition coefficient (Wildman–Crippen LogP) is 4.19. The van der Waals surface area contributed by atoms with Crippen molar-refractivity contribution in [3.05, 3.63) is 34.7 Å². The Labute approximate surface area is 220 Å². The molecule has 194 valence electrons. The minimum absolute atomic E-state index is 0.283. The van der Waals surface area contributed by atoms with Crippen LogP contribution in [0.25, 0.3) is 22.6 Å². The standard InChI is InChI=1S/C26H35BrFN7O/c1-3-33-8-6-18(7-9-33)30-23-21(27)17-29-26-24(23)31-25(32-26)20-5-4-19(16-22(20)28)35-12-10-34(11-13-35)14-15-36-2/h4-5,16-18H,3,6-15H2,1-2H3,(H2,29,30,31,32). The van der Waals surface area contributed by atoms with E-state index in [0.717, 1.165) is 93.2 Å². The molecule has 2 aliphatic rings. The minimum Gasteiger partial charge on any atom is -0.383 e. The number of aromatic amines is 1. The molecule has 4 heterocycles. The van der Waals surface area contributed by atoms with Crippen molar-refractivity contribution < 1.29 is 9.13 Å². The second-order valence-electron chi connectivity index (χ2n) is 9.60. The number of methoxy groups -OCH3 is 1. The molecular weight excluding hydrogens is 525 g/mol. The summed E-state index contributed by atoms with van der Waals surface area (Å²) in [6.07, 6.45) is 3.94. The molecule has 0 atom stereocenters. The molecule has 0 saturated carbocycles. The monoisotopic (exact) mass is 559 g/mol. The molecule has 2 aliphatic heterocycles. The summed E-state index contributed by atoms with van der Waals surface area (Å²) in [5.41, 5.74) is 3.65. The average Bonchev–Trinajstić information content (AvgIpc) is 3.34. The predicted molar refractivity (Wildman–Crippen MR) is 146 cm³/mol. The number of nitrogens with zero attached hydrogens (tertiary/aromatic N) is 5. The summed E-state index contributed by atoms with van der Waals surface area (Å²) in [6.45, 7) is 10.8. The van der Waals surface area contributed by atoms with Gasteiger partial charge in [-0.25, -0.2) is 14.4 Å². The molecular formula is C26H35BrFN7O. The number of piperazine rings is 1. The lowest BCUT2D eigenvalue weighted by molar-refractivity contribution is 0.144. The average molecular weight is 561 g/mol. The zero-order chi connectivity index (χ0) is 25.1. The van der Waals surface area contributed by atoms with Crippen molar-refractivity contribution >= 4 is 38.5 Å². The topological polar surface area (TPSA) is 72.6 Å². The lowest BCUT2D eigenvalue weighted by Crippen LogP contribution is -2.47. The van der Waals surface area contributed by atoms with Crippen molar-refractivity contribution in [1.82, 2.24) is 24.8 Å². The van der Waals surface area contributed by atoms with Crippen molar-refractivity contribution in [1.29, 1.82) is 0 Å². The highest BCUT2D eigenvalue weighted by atomic mass is 79.9. The number of anilines is 2. The fourth-order valence-corrected chi connectivity index (χ4v) is 5.54. The summed E-state index contributed by atoms with van der Waals surface area (Å²) in [4.78, 5) is 19.6. The molecule has 0 aliphatic carbocycles. The van der Waals surface area contributed by atoms with E-state index in [1.54, 1.807) is 19.4 Å². The van der Waals surface area contributed by atoms with Gasteiger partial charge in [0.15, 0.2) is 5.65 Å². The summed E-state index contributed by atoms with van der Waals surface area (Å²) < 4.78 is 21.4. The maximum absolute atomic E-state index is 15.3. The summed E-state index contributed by atoms with van der Waals surface area (Å²) >= 11 is 3.64. The largest absolute Gasteiger partial charge is 0.383 e. The number of imidazole rings is 1. The second-order valence-corrected chi connectivity index (χ2v) is 10.5. The third-order valence-electron chi connectivity index (χ3n) is 7.41. The van der Waals surface area contributed by atoms with Gasteiger partial charge >= 0.3 is 0 Å². The number of benzene rings is 1. The van der Waals surface area contributed by atoms with E-state index in [0.29, 0.717) is 23.1 Å². The lowest BCUT2D eigenvalue weighted by Gasteiger charge is -2.36. The molecule has 3 aromatic rings. The van der Waals surface area contributed by atoms with Gasteiger partial charge in [-0.3, -0.25) is 4.90 Å². The Morgan fingerprint density at radius 2 is 1.92 bits per heavy atom. The number of hydrogen-bond acceptors (Lipinski definition) is 7. The van der Waals surface area contributed by atoms with Crippen molar-refractivity contribution in [3.63, 3.8) is 0 Å². The zero-order valence-electron chi connectivity index (χ0n) is 21.1. The van der Waals surface area contributed by atoms with Gasteiger partial charge in [0.2, 0.25) is 0 Å². The highest BCUT2D eigenvalue weighted by molar-refractivity contribution is 9.10. The third kappa shape index (κ3) is 5.51. The molecule has 8 nitrogen and oxygen atoms in total. The van der Waals surface area contributed by atoms with Crippen LogP contribution < -0.4 is 10.2 Å². The van der Waals surface area contributed by atoms with Crippen LogP contribution in [0.5, 0.6) is 0 Å². The van der Waals surface area contributed by atoms with Gasteiger partial charge in [0.25, 0.3) is 0 Å². The molecule has 1 aromatic carbocycles. The maximum Gasteiger partial charge on any atom is 0.159 e. The number of hydrogen-bond donors (Lipinski definition) is 2. The number of H-pyrrole nitrogens is 1. The van der Waals surface area contributed by atoms with E-state index < -0.39 is 0 Å². The molecule has 2 saturated heterocycles. The number of rotatable bonds is 8. The molecule has 0 radical (unpaired) electrons. The van der Waals surface area contributed by atoms with Gasteiger partial charge in [0.1, 0.15) is 17.2 Å². The molecule has 2 aromatic heterocycles. The van der Waals surface area contributed by atoms with E-state index in [1.807, 2.05) is 12.1 Å². The number of piperidine rings is 1. The first-order chi connectivity index (χ1) is 17.6. The van der Waals surface area contributed by atoms with E-state index in [2.05, 4.69) is 52.8 Å². The van der Waals surface area contributed by atoms with Crippen molar-refractivity contribution in [2.45, 2.75) is 25.8 Å². The molecule has 0 unspecified atom stereocenters. The maximum atomic E-state index is 15.3. The summed E-state index contributed by atoms with van der Waals surface area (Å²) in [7, 11) is 1.73. The smallest absolute Gasteiger partial charge is 0.159 e. The first-order valence-electron chi connectivity index (χ1n) is 12.8. The molecule has 2 N–H and O–H groups in total. The number of nitrogens with one attached hydrogen (secondary N) is 2. The Hall–Kier alpha value is -2.27. The van der Waals surface area contributed by atoms with Crippen molar-refractivity contribution in [2.75, 3.05) is 76.3 Å². The number of likely N-dealkylation sites (tertiary alicyclic amines) is 1. The Balaban J connectivity index is 1.32. The second kappa shape index (κ2) is 11.4. The van der Waals surface area contributed by atoms with Gasteiger partial charge in [0.05, 0.1) is 22.3 Å². The molecule has 0 bridgehead atoms. The van der Waals surface area contributed by atoms with Gasteiger partial charge < -0.3 is 24.8 Å². The molecule has 0 spiro atoms. The first-order valence-corrected chi connectivity index (χ1v) is 13.6. The van der Waals surface area contributed by atoms with E-state index in [-0.39, 0.29) is 5.82 Å². The van der Waals surface area contributed by atoms with Crippen molar-refractivity contribution in [2.24, 2.45) is 0 Å². The molecule has 10 heteroatoms. The van der Waals surface area contributed by atoms with Crippen molar-refractivity contribution in [3.8, 4) is 11.4 Å². The van der Waals surface area contributed by atoms with E-state index in [9.17, 15) is 0 Å². The lowest BCUT2D eigenvalue weighted by atomic mass is 10.0. The quantitative estimate of drug-likeness (QED) is 0.428. The van der Waals surface area contributed by atoms with Crippen LogP contribution in [0.4, 0.5) is 15.8 Å². The Kier molecular flexibility index (Phi) is 8.05. The minimum atomic E-state index is -0.283. The molecule has 5 rings (SSSR count). The van der Waals surface area contributed by atoms with E-state index in [1.165, 1.54) is 0 Å². The van der Waals surface area contributed by atoms with Crippen LogP contribution in [0.2, 0.25) is 0 Å². The first kappa shape index (κ1) is 25.4. The van der Waals surface area contributed by atoms with Crippen LogP contribution in [0.3, 0.4) is 0 Å². The summed E-state index contributed by atoms with van der Waals surface area (Å²) in [5, 5.41) is 3.68. The highest BCUT2D eigenvalue weighted by Gasteiger charge is 2.22. The van der Waals surface area contributed by atoms with Crippen LogP contribution in [0.15, 0.2) is 28.9 Å². The van der Waals surface area contributed by atoms with Gasteiger partial charge in [-0.1, -0.05) is 6.92 Å². The SMILES string of the molecule is CCN1CCC(Nc2c(Br)cnc3[nH]c(-c4ccc(N5CCN(CCOC)CC5)cc4F)nc23)CC1.